The summed E-state index contributed by atoms with van der Waals surface area (Å²) in [6.45, 7) is 4.57. The van der Waals surface area contributed by atoms with E-state index in [-0.39, 0.29) is 0 Å². The van der Waals surface area contributed by atoms with E-state index in [1.165, 1.54) is 37.2 Å². The van der Waals surface area contributed by atoms with Crippen LogP contribution in [0.5, 0.6) is 0 Å². The van der Waals surface area contributed by atoms with Crippen LogP contribution in [-0.4, -0.2) is 17.5 Å². The normalized spacial score (nSPS) is 28.6. The van der Waals surface area contributed by atoms with E-state index in [1.54, 1.807) is 0 Å². The Kier molecular flexibility index (Phi) is 5.18. The average molecular weight is 201 g/mol. The Morgan fingerprint density at radius 3 is 2.69 bits per heavy atom. The summed E-state index contributed by atoms with van der Waals surface area (Å²) in [4.78, 5) is 0. The average Bonchev–Trinajstić information content (AvgIpc) is 2.45. The molecule has 0 amide bonds. The Labute approximate surface area is 86.8 Å². The molecule has 1 rings (SSSR count). The van der Waals surface area contributed by atoms with Gasteiger partial charge in [-0.25, -0.2) is 0 Å². The minimum absolute atomic E-state index is 0.514. The molecule has 0 aromatic rings. The minimum Gasteiger partial charge on any atom is -0.327 e. The van der Waals surface area contributed by atoms with Crippen molar-refractivity contribution in [2.45, 2.75) is 45.6 Å². The third-order valence-electron chi connectivity index (χ3n) is 2.80. The van der Waals surface area contributed by atoms with Gasteiger partial charge in [0.15, 0.2) is 0 Å². The summed E-state index contributed by atoms with van der Waals surface area (Å²) < 4.78 is 0. The van der Waals surface area contributed by atoms with E-state index in [0.29, 0.717) is 6.04 Å². The second-order valence-corrected chi connectivity index (χ2v) is 5.76. The molecule has 0 heterocycles. The van der Waals surface area contributed by atoms with Crippen LogP contribution in [-0.2, 0) is 0 Å². The van der Waals surface area contributed by atoms with Gasteiger partial charge in [-0.1, -0.05) is 20.3 Å². The SMILES string of the molecule is CC(C)CSCCC1CCCC1N. The highest BCUT2D eigenvalue weighted by molar-refractivity contribution is 7.99. The lowest BCUT2D eigenvalue weighted by molar-refractivity contribution is 0.470. The van der Waals surface area contributed by atoms with E-state index in [9.17, 15) is 0 Å². The second-order valence-electron chi connectivity index (χ2n) is 4.61. The molecule has 0 aliphatic heterocycles. The largest absolute Gasteiger partial charge is 0.327 e. The van der Waals surface area contributed by atoms with Crippen molar-refractivity contribution in [2.24, 2.45) is 17.6 Å². The van der Waals surface area contributed by atoms with Crippen molar-refractivity contribution in [3.63, 3.8) is 0 Å². The van der Waals surface area contributed by atoms with Crippen LogP contribution in [0.15, 0.2) is 0 Å². The summed E-state index contributed by atoms with van der Waals surface area (Å²) in [5, 5.41) is 0. The van der Waals surface area contributed by atoms with Gasteiger partial charge in [0.25, 0.3) is 0 Å². The van der Waals surface area contributed by atoms with Gasteiger partial charge in [-0.05, 0) is 42.6 Å². The maximum absolute atomic E-state index is 6.01. The molecule has 1 fully saturated rings. The summed E-state index contributed by atoms with van der Waals surface area (Å²) in [5.74, 6) is 4.29. The third kappa shape index (κ3) is 4.37. The van der Waals surface area contributed by atoms with Gasteiger partial charge in [0.1, 0.15) is 0 Å². The fraction of sp³-hybridized carbons (Fsp3) is 1.00. The smallest absolute Gasteiger partial charge is 0.00674 e. The molecular weight excluding hydrogens is 178 g/mol. The van der Waals surface area contributed by atoms with Crippen LogP contribution < -0.4 is 5.73 Å². The van der Waals surface area contributed by atoms with Gasteiger partial charge in [0.2, 0.25) is 0 Å². The number of hydrogen-bond acceptors (Lipinski definition) is 2. The van der Waals surface area contributed by atoms with Crippen molar-refractivity contribution in [3.05, 3.63) is 0 Å². The molecule has 1 nitrogen and oxygen atoms in total. The van der Waals surface area contributed by atoms with Crippen LogP contribution in [0.4, 0.5) is 0 Å². The molecule has 13 heavy (non-hydrogen) atoms. The number of thioether (sulfide) groups is 1. The maximum Gasteiger partial charge on any atom is 0.00674 e. The van der Waals surface area contributed by atoms with Crippen molar-refractivity contribution < 1.29 is 0 Å². The first-order valence-corrected chi connectivity index (χ1v) is 6.69. The van der Waals surface area contributed by atoms with Gasteiger partial charge >= 0.3 is 0 Å². The molecule has 0 radical (unpaired) electrons. The van der Waals surface area contributed by atoms with Crippen molar-refractivity contribution in [1.29, 1.82) is 0 Å². The van der Waals surface area contributed by atoms with E-state index in [4.69, 9.17) is 5.73 Å². The van der Waals surface area contributed by atoms with Gasteiger partial charge in [-0.15, -0.1) is 0 Å². The van der Waals surface area contributed by atoms with Crippen LogP contribution >= 0.6 is 11.8 Å². The van der Waals surface area contributed by atoms with Crippen molar-refractivity contribution in [2.75, 3.05) is 11.5 Å². The van der Waals surface area contributed by atoms with Crippen molar-refractivity contribution in [1.82, 2.24) is 0 Å². The highest BCUT2D eigenvalue weighted by Crippen LogP contribution is 2.28. The first kappa shape index (κ1) is 11.4. The Bertz CT molecular complexity index is 136. The molecule has 78 valence electrons. The fourth-order valence-electron chi connectivity index (χ4n) is 1.98. The Morgan fingerprint density at radius 2 is 2.15 bits per heavy atom. The highest BCUT2D eigenvalue weighted by atomic mass is 32.2. The topological polar surface area (TPSA) is 26.0 Å². The fourth-order valence-corrected chi connectivity index (χ4v) is 3.09. The molecule has 2 N–H and O–H groups in total. The maximum atomic E-state index is 6.01. The molecular formula is C11H23NS. The molecule has 2 heteroatoms. The van der Waals surface area contributed by atoms with Gasteiger partial charge in [-0.3, -0.25) is 0 Å². The van der Waals surface area contributed by atoms with Crippen LogP contribution in [0.2, 0.25) is 0 Å². The number of hydrogen-bond donors (Lipinski definition) is 1. The first-order chi connectivity index (χ1) is 6.20. The zero-order valence-corrected chi connectivity index (χ0v) is 9.78. The van der Waals surface area contributed by atoms with E-state index in [1.807, 2.05) is 0 Å². The summed E-state index contributed by atoms with van der Waals surface area (Å²) >= 11 is 2.09. The summed E-state index contributed by atoms with van der Waals surface area (Å²) in [6.07, 6.45) is 5.35. The van der Waals surface area contributed by atoms with Crippen LogP contribution in [0.25, 0.3) is 0 Å². The third-order valence-corrected chi connectivity index (χ3v) is 4.23. The molecule has 2 unspecified atom stereocenters. The quantitative estimate of drug-likeness (QED) is 0.692. The second kappa shape index (κ2) is 5.92. The van der Waals surface area contributed by atoms with E-state index in [0.717, 1.165) is 11.8 Å². The molecule has 2 atom stereocenters. The van der Waals surface area contributed by atoms with E-state index < -0.39 is 0 Å². The molecule has 1 aliphatic carbocycles. The lowest BCUT2D eigenvalue weighted by Gasteiger charge is -2.14. The predicted molar refractivity (Wildman–Crippen MR) is 62.1 cm³/mol. The zero-order chi connectivity index (χ0) is 9.68. The van der Waals surface area contributed by atoms with Gasteiger partial charge < -0.3 is 5.73 Å². The predicted octanol–water partition coefficient (Wildman–Crippen LogP) is 2.89. The summed E-state index contributed by atoms with van der Waals surface area (Å²) in [7, 11) is 0. The Morgan fingerprint density at radius 1 is 1.38 bits per heavy atom. The molecule has 0 aromatic heterocycles. The van der Waals surface area contributed by atoms with Gasteiger partial charge in [0, 0.05) is 6.04 Å². The van der Waals surface area contributed by atoms with Crippen LogP contribution in [0.1, 0.15) is 39.5 Å². The van der Waals surface area contributed by atoms with Gasteiger partial charge in [0.05, 0.1) is 0 Å². The number of rotatable bonds is 5. The summed E-state index contributed by atoms with van der Waals surface area (Å²) in [6, 6.07) is 0.514. The Balaban J connectivity index is 1.99. The van der Waals surface area contributed by atoms with E-state index in [2.05, 4.69) is 25.6 Å². The molecule has 1 saturated carbocycles. The lowest BCUT2D eigenvalue weighted by atomic mass is 10.0. The monoisotopic (exact) mass is 201 g/mol. The Hall–Kier alpha value is 0.310. The van der Waals surface area contributed by atoms with Crippen LogP contribution in [0.3, 0.4) is 0 Å². The van der Waals surface area contributed by atoms with E-state index >= 15 is 0 Å². The molecule has 0 aromatic carbocycles. The van der Waals surface area contributed by atoms with Crippen molar-refractivity contribution >= 4 is 11.8 Å². The van der Waals surface area contributed by atoms with Crippen LogP contribution in [0, 0.1) is 11.8 Å². The summed E-state index contributed by atoms with van der Waals surface area (Å²) in [5.41, 5.74) is 6.01. The van der Waals surface area contributed by atoms with Gasteiger partial charge in [-0.2, -0.15) is 11.8 Å². The molecule has 0 bridgehead atoms. The minimum atomic E-state index is 0.514. The zero-order valence-electron chi connectivity index (χ0n) is 8.96. The highest BCUT2D eigenvalue weighted by Gasteiger charge is 2.22. The lowest BCUT2D eigenvalue weighted by Crippen LogP contribution is -2.24. The molecule has 1 aliphatic rings. The number of nitrogens with two attached hydrogens (primary N) is 1. The van der Waals surface area contributed by atoms with Crippen molar-refractivity contribution in [3.8, 4) is 0 Å². The molecule has 0 spiro atoms. The standard InChI is InChI=1S/C11H23NS/c1-9(2)8-13-7-6-10-4-3-5-11(10)12/h9-11H,3-8,12H2,1-2H3. The molecule has 0 saturated heterocycles. The first-order valence-electron chi connectivity index (χ1n) is 5.53.